The second kappa shape index (κ2) is 4.82. The van der Waals surface area contributed by atoms with Gasteiger partial charge in [0.05, 0.1) is 5.88 Å². The molecule has 2 aromatic heterocycles. The lowest BCUT2D eigenvalue weighted by Crippen LogP contribution is -2.14. The van der Waals surface area contributed by atoms with Gasteiger partial charge in [0, 0.05) is 16.7 Å². The molecular formula is C13H15BrClN3. The lowest BCUT2D eigenvalue weighted by atomic mass is 10.1. The lowest BCUT2D eigenvalue weighted by molar-refractivity contribution is 0.407. The Morgan fingerprint density at radius 3 is 3.00 bits per heavy atom. The molecule has 2 aromatic rings. The number of rotatable bonds is 2. The summed E-state index contributed by atoms with van der Waals surface area (Å²) in [5, 5.41) is 0. The van der Waals surface area contributed by atoms with Crippen LogP contribution >= 0.6 is 27.5 Å². The number of fused-ring (bicyclic) bond motifs is 1. The van der Waals surface area contributed by atoms with Gasteiger partial charge in [-0.25, -0.2) is 9.97 Å². The molecule has 1 aliphatic carbocycles. The summed E-state index contributed by atoms with van der Waals surface area (Å²) in [6.07, 6.45) is 5.60. The van der Waals surface area contributed by atoms with E-state index in [0.29, 0.717) is 17.8 Å². The minimum absolute atomic E-state index is 0.442. The van der Waals surface area contributed by atoms with Crippen molar-refractivity contribution in [3.63, 3.8) is 0 Å². The Bertz CT molecular complexity index is 581. The number of hydrogen-bond acceptors (Lipinski definition) is 2. The van der Waals surface area contributed by atoms with E-state index < -0.39 is 0 Å². The standard InChI is InChI=1S/C13H15BrClN3/c1-8-3-2-4-11(8)18-12(6-15)17-10-5-9(14)7-16-13(10)18/h5,7-8,11H,2-4,6H2,1H3. The van der Waals surface area contributed by atoms with Crippen LogP contribution in [-0.2, 0) is 5.88 Å². The number of imidazole rings is 1. The molecule has 0 amide bonds. The first kappa shape index (κ1) is 12.4. The van der Waals surface area contributed by atoms with Crippen LogP contribution in [0.5, 0.6) is 0 Å². The van der Waals surface area contributed by atoms with E-state index in [1.807, 2.05) is 12.3 Å². The predicted molar refractivity (Wildman–Crippen MR) is 76.8 cm³/mol. The van der Waals surface area contributed by atoms with Crippen molar-refractivity contribution in [3.05, 3.63) is 22.6 Å². The first-order valence-corrected chi connectivity index (χ1v) is 7.61. The number of pyridine rings is 1. The molecule has 0 aliphatic heterocycles. The van der Waals surface area contributed by atoms with E-state index in [9.17, 15) is 0 Å². The highest BCUT2D eigenvalue weighted by Crippen LogP contribution is 2.38. The van der Waals surface area contributed by atoms with Crippen molar-refractivity contribution in [3.8, 4) is 0 Å². The van der Waals surface area contributed by atoms with Crippen LogP contribution < -0.4 is 0 Å². The zero-order valence-corrected chi connectivity index (χ0v) is 12.6. The molecular weight excluding hydrogens is 314 g/mol. The van der Waals surface area contributed by atoms with Crippen LogP contribution in [0.25, 0.3) is 11.2 Å². The largest absolute Gasteiger partial charge is 0.308 e. The molecule has 3 rings (SSSR count). The molecule has 96 valence electrons. The van der Waals surface area contributed by atoms with Gasteiger partial charge in [0.25, 0.3) is 0 Å². The predicted octanol–water partition coefficient (Wildman–Crippen LogP) is 4.29. The third-order valence-electron chi connectivity index (χ3n) is 3.84. The smallest absolute Gasteiger partial charge is 0.160 e. The van der Waals surface area contributed by atoms with E-state index in [1.54, 1.807) is 0 Å². The van der Waals surface area contributed by atoms with E-state index in [2.05, 4.69) is 37.4 Å². The Balaban J connectivity index is 2.19. The van der Waals surface area contributed by atoms with Crippen LogP contribution in [0, 0.1) is 5.92 Å². The zero-order valence-electron chi connectivity index (χ0n) is 10.2. The average molecular weight is 329 g/mol. The molecule has 0 saturated heterocycles. The number of halogens is 2. The van der Waals surface area contributed by atoms with Crippen LogP contribution in [0.3, 0.4) is 0 Å². The first-order valence-electron chi connectivity index (χ1n) is 6.29. The normalized spacial score (nSPS) is 23.9. The number of aromatic nitrogens is 3. The molecule has 2 atom stereocenters. The van der Waals surface area contributed by atoms with Crippen molar-refractivity contribution >= 4 is 38.7 Å². The quantitative estimate of drug-likeness (QED) is 0.770. The average Bonchev–Trinajstić information content (AvgIpc) is 2.91. The monoisotopic (exact) mass is 327 g/mol. The molecule has 18 heavy (non-hydrogen) atoms. The van der Waals surface area contributed by atoms with Gasteiger partial charge in [0.1, 0.15) is 11.3 Å². The summed E-state index contributed by atoms with van der Waals surface area (Å²) >= 11 is 9.49. The maximum atomic E-state index is 6.05. The molecule has 1 saturated carbocycles. The minimum Gasteiger partial charge on any atom is -0.308 e. The summed E-state index contributed by atoms with van der Waals surface area (Å²) in [4.78, 5) is 9.13. The van der Waals surface area contributed by atoms with Gasteiger partial charge in [-0.1, -0.05) is 13.3 Å². The molecule has 0 bridgehead atoms. The third-order valence-corrected chi connectivity index (χ3v) is 4.51. The van der Waals surface area contributed by atoms with E-state index in [-0.39, 0.29) is 0 Å². The molecule has 0 aromatic carbocycles. The van der Waals surface area contributed by atoms with Crippen molar-refractivity contribution in [1.82, 2.24) is 14.5 Å². The van der Waals surface area contributed by atoms with Gasteiger partial charge in [0.15, 0.2) is 5.65 Å². The molecule has 3 nitrogen and oxygen atoms in total. The van der Waals surface area contributed by atoms with Gasteiger partial charge >= 0.3 is 0 Å². The molecule has 0 N–H and O–H groups in total. The fourth-order valence-corrected chi connectivity index (χ4v) is 3.46. The molecule has 0 radical (unpaired) electrons. The Morgan fingerprint density at radius 1 is 1.50 bits per heavy atom. The van der Waals surface area contributed by atoms with Crippen LogP contribution in [-0.4, -0.2) is 14.5 Å². The van der Waals surface area contributed by atoms with E-state index in [0.717, 1.165) is 21.5 Å². The maximum absolute atomic E-state index is 6.05. The second-order valence-electron chi connectivity index (χ2n) is 5.00. The van der Waals surface area contributed by atoms with E-state index >= 15 is 0 Å². The fourth-order valence-electron chi connectivity index (χ4n) is 2.96. The summed E-state index contributed by atoms with van der Waals surface area (Å²) in [5.41, 5.74) is 1.90. The molecule has 2 unspecified atom stereocenters. The van der Waals surface area contributed by atoms with Crippen LogP contribution in [0.4, 0.5) is 0 Å². The molecule has 1 fully saturated rings. The molecule has 5 heteroatoms. The first-order chi connectivity index (χ1) is 8.70. The topological polar surface area (TPSA) is 30.7 Å². The van der Waals surface area contributed by atoms with Gasteiger partial charge in [-0.3, -0.25) is 0 Å². The zero-order chi connectivity index (χ0) is 12.7. The Morgan fingerprint density at radius 2 is 2.33 bits per heavy atom. The van der Waals surface area contributed by atoms with Crippen molar-refractivity contribution in [2.45, 2.75) is 38.1 Å². The summed E-state index contributed by atoms with van der Waals surface area (Å²) in [5.74, 6) is 2.06. The van der Waals surface area contributed by atoms with Crippen molar-refractivity contribution in [2.75, 3.05) is 0 Å². The highest BCUT2D eigenvalue weighted by molar-refractivity contribution is 9.10. The number of hydrogen-bond donors (Lipinski definition) is 0. The highest BCUT2D eigenvalue weighted by Gasteiger charge is 2.28. The summed E-state index contributed by atoms with van der Waals surface area (Å²) < 4.78 is 3.21. The Kier molecular flexibility index (Phi) is 3.32. The van der Waals surface area contributed by atoms with Gasteiger partial charge in [0.2, 0.25) is 0 Å². The summed E-state index contributed by atoms with van der Waals surface area (Å²) in [6.45, 7) is 2.31. The van der Waals surface area contributed by atoms with Gasteiger partial charge in [-0.15, -0.1) is 11.6 Å². The molecule has 2 heterocycles. The van der Waals surface area contributed by atoms with Gasteiger partial charge in [-0.2, -0.15) is 0 Å². The maximum Gasteiger partial charge on any atom is 0.160 e. The molecule has 1 aliphatic rings. The summed E-state index contributed by atoms with van der Waals surface area (Å²) in [6, 6.07) is 2.51. The number of nitrogens with zero attached hydrogens (tertiary/aromatic N) is 3. The van der Waals surface area contributed by atoms with Gasteiger partial charge in [-0.05, 0) is 40.8 Å². The van der Waals surface area contributed by atoms with Crippen molar-refractivity contribution in [2.24, 2.45) is 5.92 Å². The van der Waals surface area contributed by atoms with Crippen LogP contribution in [0.2, 0.25) is 0 Å². The van der Waals surface area contributed by atoms with Crippen LogP contribution in [0.15, 0.2) is 16.7 Å². The highest BCUT2D eigenvalue weighted by atomic mass is 79.9. The second-order valence-corrected chi connectivity index (χ2v) is 6.19. The van der Waals surface area contributed by atoms with E-state index in [4.69, 9.17) is 11.6 Å². The van der Waals surface area contributed by atoms with E-state index in [1.165, 1.54) is 19.3 Å². The minimum atomic E-state index is 0.442. The fraction of sp³-hybridized carbons (Fsp3) is 0.538. The Labute approximate surface area is 120 Å². The summed E-state index contributed by atoms with van der Waals surface area (Å²) in [7, 11) is 0. The van der Waals surface area contributed by atoms with Crippen LogP contribution in [0.1, 0.15) is 38.1 Å². The third kappa shape index (κ3) is 1.95. The molecule has 0 spiro atoms. The number of alkyl halides is 1. The Hall–Kier alpha value is -0.610. The lowest BCUT2D eigenvalue weighted by Gasteiger charge is -2.19. The SMILES string of the molecule is CC1CCCC1n1c(CCl)nc2cc(Br)cnc21. The van der Waals surface area contributed by atoms with Crippen molar-refractivity contribution < 1.29 is 0 Å². The van der Waals surface area contributed by atoms with Crippen molar-refractivity contribution in [1.29, 1.82) is 0 Å². The van der Waals surface area contributed by atoms with Gasteiger partial charge < -0.3 is 4.57 Å².